The van der Waals surface area contributed by atoms with E-state index in [-0.39, 0.29) is 11.5 Å². The first-order chi connectivity index (χ1) is 9.40. The van der Waals surface area contributed by atoms with Crippen LogP contribution in [0.1, 0.15) is 45.5 Å². The minimum absolute atomic E-state index is 0.104. The van der Waals surface area contributed by atoms with Gasteiger partial charge in [0.05, 0.1) is 11.9 Å². The lowest BCUT2D eigenvalue weighted by atomic mass is 9.88. The standard InChI is InChI=1S/C13H21N5O2/c1-5-19-11(13(2,3)4)12-16-10(20-17-12)8-18-7-9(14)6-15-18/h6-7,11H,5,8,14H2,1-4H3. The van der Waals surface area contributed by atoms with Crippen molar-refractivity contribution in [2.24, 2.45) is 5.41 Å². The maximum Gasteiger partial charge on any atom is 0.248 e. The van der Waals surface area contributed by atoms with Gasteiger partial charge in [-0.15, -0.1) is 0 Å². The summed E-state index contributed by atoms with van der Waals surface area (Å²) in [4.78, 5) is 4.40. The maximum absolute atomic E-state index is 5.73. The number of anilines is 1. The van der Waals surface area contributed by atoms with Crippen molar-refractivity contribution in [3.05, 3.63) is 24.1 Å². The van der Waals surface area contributed by atoms with Gasteiger partial charge in [0.1, 0.15) is 12.6 Å². The summed E-state index contributed by atoms with van der Waals surface area (Å²) < 4.78 is 12.6. The fourth-order valence-corrected chi connectivity index (χ4v) is 1.92. The van der Waals surface area contributed by atoms with Crippen LogP contribution in [0.15, 0.2) is 16.9 Å². The fraction of sp³-hybridized carbons (Fsp3) is 0.615. The smallest absolute Gasteiger partial charge is 0.248 e. The van der Waals surface area contributed by atoms with E-state index in [1.807, 2.05) is 6.92 Å². The topological polar surface area (TPSA) is 92.0 Å². The lowest BCUT2D eigenvalue weighted by molar-refractivity contribution is -0.0203. The van der Waals surface area contributed by atoms with E-state index in [4.69, 9.17) is 15.0 Å². The molecule has 2 heterocycles. The van der Waals surface area contributed by atoms with Gasteiger partial charge in [0.2, 0.25) is 11.7 Å². The summed E-state index contributed by atoms with van der Waals surface area (Å²) in [6, 6.07) is 0. The molecule has 0 amide bonds. The molecule has 0 aliphatic rings. The second-order valence-electron chi connectivity index (χ2n) is 5.72. The summed E-state index contributed by atoms with van der Waals surface area (Å²) in [5, 5.41) is 8.10. The molecule has 0 saturated carbocycles. The second-order valence-corrected chi connectivity index (χ2v) is 5.72. The zero-order valence-corrected chi connectivity index (χ0v) is 12.3. The molecule has 0 fully saturated rings. The Morgan fingerprint density at radius 2 is 2.20 bits per heavy atom. The molecule has 7 nitrogen and oxygen atoms in total. The number of nitrogens with zero attached hydrogens (tertiary/aromatic N) is 4. The average molecular weight is 279 g/mol. The van der Waals surface area contributed by atoms with E-state index >= 15 is 0 Å². The second kappa shape index (κ2) is 5.62. The van der Waals surface area contributed by atoms with Gasteiger partial charge < -0.3 is 15.0 Å². The molecular weight excluding hydrogens is 258 g/mol. The molecule has 2 aromatic heterocycles. The van der Waals surface area contributed by atoms with Gasteiger partial charge in [-0.3, -0.25) is 4.68 Å². The van der Waals surface area contributed by atoms with Crippen LogP contribution in [-0.4, -0.2) is 26.5 Å². The van der Waals surface area contributed by atoms with Crippen LogP contribution in [-0.2, 0) is 11.3 Å². The predicted molar refractivity (Wildman–Crippen MR) is 73.9 cm³/mol. The molecule has 0 aromatic carbocycles. The molecule has 0 radical (unpaired) electrons. The lowest BCUT2D eigenvalue weighted by Gasteiger charge is -2.27. The summed E-state index contributed by atoms with van der Waals surface area (Å²) in [6.07, 6.45) is 3.09. The van der Waals surface area contributed by atoms with Crippen molar-refractivity contribution in [1.82, 2.24) is 19.9 Å². The molecular formula is C13H21N5O2. The number of nitrogens with two attached hydrogens (primary N) is 1. The van der Waals surface area contributed by atoms with Crippen molar-refractivity contribution in [2.75, 3.05) is 12.3 Å². The highest BCUT2D eigenvalue weighted by Crippen LogP contribution is 2.34. The number of hydrogen-bond donors (Lipinski definition) is 1. The molecule has 1 unspecified atom stereocenters. The van der Waals surface area contributed by atoms with Crippen molar-refractivity contribution in [2.45, 2.75) is 40.3 Å². The van der Waals surface area contributed by atoms with E-state index in [0.29, 0.717) is 30.6 Å². The Morgan fingerprint density at radius 1 is 1.45 bits per heavy atom. The molecule has 20 heavy (non-hydrogen) atoms. The van der Waals surface area contributed by atoms with E-state index in [1.165, 1.54) is 0 Å². The summed E-state index contributed by atoms with van der Waals surface area (Å²) in [7, 11) is 0. The summed E-state index contributed by atoms with van der Waals surface area (Å²) in [6.45, 7) is 9.19. The van der Waals surface area contributed by atoms with Gasteiger partial charge in [-0.25, -0.2) is 0 Å². The molecule has 2 N–H and O–H groups in total. The van der Waals surface area contributed by atoms with Crippen molar-refractivity contribution < 1.29 is 9.26 Å². The molecule has 110 valence electrons. The monoisotopic (exact) mass is 279 g/mol. The SMILES string of the molecule is CCOC(c1noc(Cn2cc(N)cn2)n1)C(C)(C)C. The van der Waals surface area contributed by atoms with Crippen LogP contribution in [0.3, 0.4) is 0 Å². The van der Waals surface area contributed by atoms with Gasteiger partial charge >= 0.3 is 0 Å². The molecule has 0 spiro atoms. The molecule has 0 bridgehead atoms. The lowest BCUT2D eigenvalue weighted by Crippen LogP contribution is -2.22. The Morgan fingerprint density at radius 3 is 2.75 bits per heavy atom. The number of aromatic nitrogens is 4. The molecule has 0 aliphatic carbocycles. The molecule has 1 atom stereocenters. The van der Waals surface area contributed by atoms with Crippen LogP contribution in [0.5, 0.6) is 0 Å². The van der Waals surface area contributed by atoms with Crippen LogP contribution in [0.2, 0.25) is 0 Å². The van der Waals surface area contributed by atoms with Crippen LogP contribution in [0.4, 0.5) is 5.69 Å². The Bertz CT molecular complexity index is 555. The first kappa shape index (κ1) is 14.5. The Kier molecular flexibility index (Phi) is 4.08. The molecule has 2 aromatic rings. The Balaban J connectivity index is 2.14. The van der Waals surface area contributed by atoms with Crippen molar-refractivity contribution in [1.29, 1.82) is 0 Å². The third kappa shape index (κ3) is 3.36. The van der Waals surface area contributed by atoms with Crippen molar-refractivity contribution in [3.63, 3.8) is 0 Å². The first-order valence-corrected chi connectivity index (χ1v) is 6.62. The number of hydrogen-bond acceptors (Lipinski definition) is 6. The van der Waals surface area contributed by atoms with Crippen LogP contribution in [0.25, 0.3) is 0 Å². The van der Waals surface area contributed by atoms with E-state index in [2.05, 4.69) is 36.0 Å². The Hall–Kier alpha value is -1.89. The van der Waals surface area contributed by atoms with Gasteiger partial charge in [-0.2, -0.15) is 10.1 Å². The third-order valence-electron chi connectivity index (χ3n) is 2.79. The van der Waals surface area contributed by atoms with E-state index in [1.54, 1.807) is 17.1 Å². The summed E-state index contributed by atoms with van der Waals surface area (Å²) >= 11 is 0. The highest BCUT2D eigenvalue weighted by molar-refractivity contribution is 5.30. The minimum atomic E-state index is -0.201. The minimum Gasteiger partial charge on any atom is -0.396 e. The van der Waals surface area contributed by atoms with E-state index < -0.39 is 0 Å². The number of rotatable bonds is 5. The van der Waals surface area contributed by atoms with Gasteiger partial charge in [-0.1, -0.05) is 25.9 Å². The predicted octanol–water partition coefficient (Wildman–Crippen LogP) is 2.02. The van der Waals surface area contributed by atoms with E-state index in [9.17, 15) is 0 Å². The van der Waals surface area contributed by atoms with E-state index in [0.717, 1.165) is 0 Å². The highest BCUT2D eigenvalue weighted by Gasteiger charge is 2.31. The van der Waals surface area contributed by atoms with Gasteiger partial charge in [0.25, 0.3) is 0 Å². The number of nitrogen functional groups attached to an aromatic ring is 1. The van der Waals surface area contributed by atoms with Crippen molar-refractivity contribution in [3.8, 4) is 0 Å². The normalized spacial score (nSPS) is 13.6. The zero-order chi connectivity index (χ0) is 14.8. The highest BCUT2D eigenvalue weighted by atomic mass is 16.5. The van der Waals surface area contributed by atoms with Gasteiger partial charge in [0, 0.05) is 12.8 Å². The third-order valence-corrected chi connectivity index (χ3v) is 2.79. The van der Waals surface area contributed by atoms with Crippen molar-refractivity contribution >= 4 is 5.69 Å². The van der Waals surface area contributed by atoms with Gasteiger partial charge in [0.15, 0.2) is 0 Å². The maximum atomic E-state index is 5.73. The first-order valence-electron chi connectivity index (χ1n) is 6.62. The molecule has 0 saturated heterocycles. The van der Waals surface area contributed by atoms with Crippen LogP contribution < -0.4 is 5.73 Å². The fourth-order valence-electron chi connectivity index (χ4n) is 1.92. The zero-order valence-electron chi connectivity index (χ0n) is 12.3. The quantitative estimate of drug-likeness (QED) is 0.900. The summed E-state index contributed by atoms with van der Waals surface area (Å²) in [5.74, 6) is 1.05. The molecule has 2 rings (SSSR count). The Labute approximate surface area is 118 Å². The molecule has 0 aliphatic heterocycles. The van der Waals surface area contributed by atoms with Crippen LogP contribution in [0, 0.1) is 5.41 Å². The molecule has 7 heteroatoms. The van der Waals surface area contributed by atoms with Gasteiger partial charge in [-0.05, 0) is 12.3 Å². The number of ether oxygens (including phenoxy) is 1. The largest absolute Gasteiger partial charge is 0.396 e. The van der Waals surface area contributed by atoms with Crippen LogP contribution >= 0.6 is 0 Å². The summed E-state index contributed by atoms with van der Waals surface area (Å²) in [5.41, 5.74) is 6.11. The average Bonchev–Trinajstić information content (AvgIpc) is 2.95.